The molecule has 1 aromatic carbocycles. The molecule has 0 aromatic heterocycles. The van der Waals surface area contributed by atoms with Gasteiger partial charge < -0.3 is 15.8 Å². The lowest BCUT2D eigenvalue weighted by atomic mass is 10.1. The largest absolute Gasteiger partial charge is 0.483 e. The molecule has 0 aliphatic heterocycles. The van der Waals surface area contributed by atoms with Crippen molar-refractivity contribution in [2.75, 3.05) is 13.2 Å². The highest BCUT2D eigenvalue weighted by Crippen LogP contribution is 2.24. The fourth-order valence-electron chi connectivity index (χ4n) is 1.61. The highest BCUT2D eigenvalue weighted by molar-refractivity contribution is 5.77. The highest BCUT2D eigenvalue weighted by atomic mass is 19.1. The molecule has 0 spiro atoms. The quantitative estimate of drug-likeness (QED) is 0.745. The predicted octanol–water partition coefficient (Wildman–Crippen LogP) is 2.14. The van der Waals surface area contributed by atoms with Crippen LogP contribution < -0.4 is 15.8 Å². The molecular formula is C14H21FN2O2. The van der Waals surface area contributed by atoms with Gasteiger partial charge in [-0.25, -0.2) is 4.39 Å². The number of rotatable bonds is 7. The van der Waals surface area contributed by atoms with Crippen molar-refractivity contribution in [3.05, 3.63) is 29.6 Å². The van der Waals surface area contributed by atoms with Gasteiger partial charge in [-0.05, 0) is 31.5 Å². The number of halogens is 1. The molecule has 0 aliphatic rings. The summed E-state index contributed by atoms with van der Waals surface area (Å²) in [7, 11) is 0. The monoisotopic (exact) mass is 268 g/mol. The molecule has 0 radical (unpaired) electrons. The first kappa shape index (κ1) is 15.4. The second-order valence-electron chi connectivity index (χ2n) is 4.46. The minimum Gasteiger partial charge on any atom is -0.483 e. The van der Waals surface area contributed by atoms with Gasteiger partial charge in [0.2, 0.25) is 0 Å². The summed E-state index contributed by atoms with van der Waals surface area (Å²) in [5, 5.41) is 2.74. The number of ether oxygens (including phenoxy) is 1. The zero-order valence-corrected chi connectivity index (χ0v) is 11.4. The molecule has 1 aromatic rings. The third-order valence-corrected chi connectivity index (χ3v) is 2.67. The lowest BCUT2D eigenvalue weighted by molar-refractivity contribution is -0.123. The van der Waals surface area contributed by atoms with E-state index in [4.69, 9.17) is 10.5 Å². The molecule has 1 atom stereocenters. The number of unbranched alkanes of at least 4 members (excludes halogenated alkanes) is 1. The molecular weight excluding hydrogens is 247 g/mol. The molecule has 5 heteroatoms. The maximum atomic E-state index is 13.1. The summed E-state index contributed by atoms with van der Waals surface area (Å²) >= 11 is 0. The van der Waals surface area contributed by atoms with E-state index in [1.54, 1.807) is 6.92 Å². The summed E-state index contributed by atoms with van der Waals surface area (Å²) in [6.45, 7) is 4.34. The Kier molecular flexibility index (Phi) is 6.29. The number of carbonyl (C=O) groups is 1. The summed E-state index contributed by atoms with van der Waals surface area (Å²) in [6.07, 6.45) is 1.96. The molecule has 0 heterocycles. The van der Waals surface area contributed by atoms with Crippen LogP contribution in [0.25, 0.3) is 0 Å². The Morgan fingerprint density at radius 2 is 2.26 bits per heavy atom. The second kappa shape index (κ2) is 7.74. The van der Waals surface area contributed by atoms with Crippen molar-refractivity contribution in [2.45, 2.75) is 32.7 Å². The number of nitrogens with one attached hydrogen (secondary N) is 1. The fraction of sp³-hybridized carbons (Fsp3) is 0.500. The third-order valence-electron chi connectivity index (χ3n) is 2.67. The summed E-state index contributed by atoms with van der Waals surface area (Å²) in [4.78, 5) is 11.5. The van der Waals surface area contributed by atoms with E-state index in [0.717, 1.165) is 12.8 Å². The van der Waals surface area contributed by atoms with Crippen LogP contribution in [-0.4, -0.2) is 19.1 Å². The number of carbonyl (C=O) groups excluding carboxylic acids is 1. The Morgan fingerprint density at radius 3 is 2.89 bits per heavy atom. The molecule has 19 heavy (non-hydrogen) atoms. The van der Waals surface area contributed by atoms with Crippen molar-refractivity contribution in [3.8, 4) is 5.75 Å². The molecule has 106 valence electrons. The van der Waals surface area contributed by atoms with Crippen LogP contribution in [0.4, 0.5) is 4.39 Å². The van der Waals surface area contributed by atoms with Gasteiger partial charge in [-0.2, -0.15) is 0 Å². The smallest absolute Gasteiger partial charge is 0.257 e. The molecule has 1 amide bonds. The van der Waals surface area contributed by atoms with Crippen LogP contribution in [-0.2, 0) is 4.79 Å². The van der Waals surface area contributed by atoms with Crippen LogP contribution in [0.3, 0.4) is 0 Å². The lowest BCUT2D eigenvalue weighted by Crippen LogP contribution is -2.29. The van der Waals surface area contributed by atoms with Gasteiger partial charge in [-0.1, -0.05) is 13.3 Å². The summed E-state index contributed by atoms with van der Waals surface area (Å²) in [5.41, 5.74) is 6.30. The van der Waals surface area contributed by atoms with Gasteiger partial charge in [0.05, 0.1) is 0 Å². The van der Waals surface area contributed by atoms with Crippen LogP contribution in [0.15, 0.2) is 18.2 Å². The number of hydrogen-bond acceptors (Lipinski definition) is 3. The molecule has 0 fully saturated rings. The van der Waals surface area contributed by atoms with E-state index >= 15 is 0 Å². The fourth-order valence-corrected chi connectivity index (χ4v) is 1.61. The highest BCUT2D eigenvalue weighted by Gasteiger charge is 2.11. The van der Waals surface area contributed by atoms with E-state index < -0.39 is 0 Å². The zero-order valence-electron chi connectivity index (χ0n) is 11.4. The number of amides is 1. The van der Waals surface area contributed by atoms with Gasteiger partial charge in [0.1, 0.15) is 11.6 Å². The van der Waals surface area contributed by atoms with Gasteiger partial charge in [-0.15, -0.1) is 0 Å². The van der Waals surface area contributed by atoms with Crippen molar-refractivity contribution in [3.63, 3.8) is 0 Å². The zero-order chi connectivity index (χ0) is 14.3. The van der Waals surface area contributed by atoms with E-state index in [1.807, 2.05) is 0 Å². The van der Waals surface area contributed by atoms with Crippen LogP contribution in [0, 0.1) is 5.82 Å². The van der Waals surface area contributed by atoms with E-state index in [-0.39, 0.29) is 24.4 Å². The topological polar surface area (TPSA) is 64.3 Å². The Balaban J connectivity index is 2.55. The first-order chi connectivity index (χ1) is 9.04. The van der Waals surface area contributed by atoms with Crippen LogP contribution in [0.2, 0.25) is 0 Å². The molecule has 1 unspecified atom stereocenters. The molecule has 0 aliphatic carbocycles. The van der Waals surface area contributed by atoms with E-state index in [2.05, 4.69) is 12.2 Å². The summed E-state index contributed by atoms with van der Waals surface area (Å²) < 4.78 is 18.5. The van der Waals surface area contributed by atoms with Gasteiger partial charge >= 0.3 is 0 Å². The molecule has 0 saturated carbocycles. The minimum atomic E-state index is -0.368. The molecule has 0 saturated heterocycles. The van der Waals surface area contributed by atoms with Crippen molar-refractivity contribution < 1.29 is 13.9 Å². The van der Waals surface area contributed by atoms with Crippen molar-refractivity contribution in [1.29, 1.82) is 0 Å². The number of benzene rings is 1. The standard InChI is InChI=1S/C14H21FN2O2/c1-3-4-7-17-14(18)9-19-13-6-5-11(15)8-12(13)10(2)16/h5-6,8,10H,3-4,7,9,16H2,1-2H3,(H,17,18). The van der Waals surface area contributed by atoms with Gasteiger partial charge in [0, 0.05) is 18.2 Å². The normalized spacial score (nSPS) is 12.0. The summed E-state index contributed by atoms with van der Waals surface area (Å²) in [6, 6.07) is 3.76. The Morgan fingerprint density at radius 1 is 1.53 bits per heavy atom. The number of nitrogens with two attached hydrogens (primary N) is 1. The first-order valence-electron chi connectivity index (χ1n) is 6.49. The van der Waals surface area contributed by atoms with Crippen LogP contribution in [0.1, 0.15) is 38.3 Å². The van der Waals surface area contributed by atoms with E-state index in [1.165, 1.54) is 18.2 Å². The molecule has 0 bridgehead atoms. The van der Waals surface area contributed by atoms with E-state index in [0.29, 0.717) is 17.9 Å². The first-order valence-corrected chi connectivity index (χ1v) is 6.49. The average molecular weight is 268 g/mol. The van der Waals surface area contributed by atoms with Gasteiger partial charge in [0.25, 0.3) is 5.91 Å². The maximum absolute atomic E-state index is 13.1. The van der Waals surface area contributed by atoms with Crippen LogP contribution >= 0.6 is 0 Å². The molecule has 4 nitrogen and oxygen atoms in total. The minimum absolute atomic E-state index is 0.0882. The average Bonchev–Trinajstić information content (AvgIpc) is 2.37. The Bertz CT molecular complexity index is 422. The Labute approximate surface area is 113 Å². The predicted molar refractivity (Wildman–Crippen MR) is 72.4 cm³/mol. The van der Waals surface area contributed by atoms with Gasteiger partial charge in [-0.3, -0.25) is 4.79 Å². The third kappa shape index (κ3) is 5.26. The van der Waals surface area contributed by atoms with E-state index in [9.17, 15) is 9.18 Å². The number of hydrogen-bond donors (Lipinski definition) is 2. The molecule has 1 rings (SSSR count). The Hall–Kier alpha value is -1.62. The van der Waals surface area contributed by atoms with Crippen molar-refractivity contribution >= 4 is 5.91 Å². The van der Waals surface area contributed by atoms with Crippen molar-refractivity contribution in [2.24, 2.45) is 5.73 Å². The van der Waals surface area contributed by atoms with Crippen molar-refractivity contribution in [1.82, 2.24) is 5.32 Å². The summed E-state index contributed by atoms with van der Waals surface area (Å²) in [5.74, 6) is -0.109. The maximum Gasteiger partial charge on any atom is 0.257 e. The second-order valence-corrected chi connectivity index (χ2v) is 4.46. The SMILES string of the molecule is CCCCNC(=O)COc1ccc(F)cc1C(C)N. The lowest BCUT2D eigenvalue weighted by Gasteiger charge is -2.14. The van der Waals surface area contributed by atoms with Gasteiger partial charge in [0.15, 0.2) is 6.61 Å². The van der Waals surface area contributed by atoms with Crippen LogP contribution in [0.5, 0.6) is 5.75 Å². The molecule has 3 N–H and O–H groups in total.